The van der Waals surface area contributed by atoms with Crippen LogP contribution in [0.2, 0.25) is 0 Å². The lowest BCUT2D eigenvalue weighted by Gasteiger charge is -2.20. The van der Waals surface area contributed by atoms with Crippen molar-refractivity contribution in [3.05, 3.63) is 192 Å². The molecule has 0 fully saturated rings. The maximum absolute atomic E-state index is 10.1. The van der Waals surface area contributed by atoms with Crippen molar-refractivity contribution in [1.29, 1.82) is 21.0 Å². The van der Waals surface area contributed by atoms with Crippen molar-refractivity contribution in [1.82, 2.24) is 14.1 Å². The first-order valence-corrected chi connectivity index (χ1v) is 19.0. The fourth-order valence-electron chi connectivity index (χ4n) is 8.50. The molecule has 0 saturated carbocycles. The molecule has 60 heavy (non-hydrogen) atoms. The van der Waals surface area contributed by atoms with Crippen LogP contribution in [0.25, 0.3) is 93.2 Å². The zero-order chi connectivity index (χ0) is 40.9. The van der Waals surface area contributed by atoms with Crippen molar-refractivity contribution in [2.75, 3.05) is 0 Å². The van der Waals surface area contributed by atoms with E-state index in [0.717, 1.165) is 88.4 Å². The highest BCUT2D eigenvalue weighted by Gasteiger charge is 2.23. The Balaban J connectivity index is 1.29. The summed E-state index contributed by atoms with van der Waals surface area (Å²) in [4.78, 5) is 8.35. The van der Waals surface area contributed by atoms with Gasteiger partial charge in [-0.05, 0) is 118 Å². The average molecular weight is 763 g/mol. The minimum atomic E-state index is 0.422. The number of hydrogen-bond acceptors (Lipinski definition) is 5. The van der Waals surface area contributed by atoms with Crippen LogP contribution in [-0.2, 0) is 0 Å². The quantitative estimate of drug-likeness (QED) is 0.162. The van der Waals surface area contributed by atoms with Crippen LogP contribution < -0.4 is 0 Å². The van der Waals surface area contributed by atoms with Gasteiger partial charge in [0.1, 0.15) is 0 Å². The molecule has 0 atom stereocenters. The summed E-state index contributed by atoms with van der Waals surface area (Å²) in [7, 11) is 0. The van der Waals surface area contributed by atoms with Gasteiger partial charge in [0.15, 0.2) is 5.69 Å². The first-order valence-electron chi connectivity index (χ1n) is 19.0. The molecule has 0 radical (unpaired) electrons. The first-order chi connectivity index (χ1) is 29.5. The highest BCUT2D eigenvalue weighted by Crippen LogP contribution is 2.44. The SMILES string of the molecule is [C-]#[N+]c1cc(-n2c3ccccc3c3cc(-c4ccc(C#N)cc4C#N)ccc32)c(-n2c3ccccc3c3cc(-c4ccc(C#N)cc4C#N)ccc32)cc1-c1ccncc1. The van der Waals surface area contributed by atoms with Crippen molar-refractivity contribution < 1.29 is 0 Å². The second-order valence-electron chi connectivity index (χ2n) is 14.3. The zero-order valence-electron chi connectivity index (χ0n) is 31.6. The molecule has 0 bridgehead atoms. The van der Waals surface area contributed by atoms with E-state index in [9.17, 15) is 21.0 Å². The summed E-state index contributed by atoms with van der Waals surface area (Å²) in [5, 5.41) is 43.1. The summed E-state index contributed by atoms with van der Waals surface area (Å²) in [6, 6.07) is 55.8. The Kier molecular flexibility index (Phi) is 8.23. The van der Waals surface area contributed by atoms with Gasteiger partial charge in [-0.1, -0.05) is 60.7 Å². The summed E-state index contributed by atoms with van der Waals surface area (Å²) >= 11 is 0. The van der Waals surface area contributed by atoms with Crippen LogP contribution >= 0.6 is 0 Å². The maximum Gasteiger partial charge on any atom is 0.197 e. The molecule has 0 aliphatic heterocycles. The molecule has 7 aromatic carbocycles. The van der Waals surface area contributed by atoms with Crippen molar-refractivity contribution in [3.63, 3.8) is 0 Å². The van der Waals surface area contributed by atoms with Crippen molar-refractivity contribution in [2.45, 2.75) is 0 Å². The van der Waals surface area contributed by atoms with E-state index < -0.39 is 0 Å². The van der Waals surface area contributed by atoms with Gasteiger partial charge in [-0.15, -0.1) is 0 Å². The van der Waals surface area contributed by atoms with Crippen LogP contribution in [0.1, 0.15) is 22.3 Å². The predicted octanol–water partition coefficient (Wildman–Crippen LogP) is 12.3. The van der Waals surface area contributed by atoms with E-state index in [1.165, 1.54) is 0 Å². The Morgan fingerprint density at radius 2 is 0.917 bits per heavy atom. The van der Waals surface area contributed by atoms with Gasteiger partial charge in [-0.3, -0.25) is 4.98 Å². The Hall–Kier alpha value is -9.26. The molecular weight excluding hydrogens is 737 g/mol. The molecule has 0 unspecified atom stereocenters. The van der Waals surface area contributed by atoms with Crippen LogP contribution in [0.15, 0.2) is 158 Å². The second kappa shape index (κ2) is 14.0. The van der Waals surface area contributed by atoms with E-state index in [1.807, 2.05) is 66.7 Å². The van der Waals surface area contributed by atoms with E-state index in [0.29, 0.717) is 27.9 Å². The van der Waals surface area contributed by atoms with Crippen molar-refractivity contribution in [2.24, 2.45) is 0 Å². The Morgan fingerprint density at radius 1 is 0.433 bits per heavy atom. The minimum absolute atomic E-state index is 0.422. The van der Waals surface area contributed by atoms with Gasteiger partial charge < -0.3 is 9.13 Å². The van der Waals surface area contributed by atoms with Gasteiger partial charge in [-0.2, -0.15) is 21.0 Å². The molecule has 0 N–H and O–H groups in total. The van der Waals surface area contributed by atoms with Crippen LogP contribution in [0.5, 0.6) is 0 Å². The second-order valence-corrected chi connectivity index (χ2v) is 14.3. The Labute approximate surface area is 343 Å². The number of pyridine rings is 1. The summed E-state index contributed by atoms with van der Waals surface area (Å²) in [5.74, 6) is 0. The smallest absolute Gasteiger partial charge is 0.197 e. The highest BCUT2D eigenvalue weighted by molar-refractivity contribution is 6.13. The van der Waals surface area contributed by atoms with Gasteiger partial charge in [-0.25, -0.2) is 4.85 Å². The Morgan fingerprint density at radius 3 is 1.40 bits per heavy atom. The number of aromatic nitrogens is 3. The van der Waals surface area contributed by atoms with Gasteiger partial charge in [0.2, 0.25) is 0 Å². The van der Waals surface area contributed by atoms with Gasteiger partial charge in [0.25, 0.3) is 0 Å². The molecule has 0 saturated heterocycles. The Bertz CT molecular complexity index is 3670. The highest BCUT2D eigenvalue weighted by atomic mass is 15.1. The number of nitriles is 4. The lowest BCUT2D eigenvalue weighted by molar-refractivity contribution is 1.10. The average Bonchev–Trinajstić information content (AvgIpc) is 3.82. The summed E-state index contributed by atoms with van der Waals surface area (Å²) < 4.78 is 4.46. The molecule has 0 aliphatic rings. The number of hydrogen-bond donors (Lipinski definition) is 0. The largest absolute Gasteiger partial charge is 0.308 e. The van der Waals surface area contributed by atoms with Gasteiger partial charge in [0.05, 0.1) is 86.5 Å². The number of nitrogens with zero attached hydrogens (tertiary/aromatic N) is 8. The third-order valence-corrected chi connectivity index (χ3v) is 11.2. The van der Waals surface area contributed by atoms with E-state index >= 15 is 0 Å². The molecule has 10 aromatic rings. The third-order valence-electron chi connectivity index (χ3n) is 11.2. The van der Waals surface area contributed by atoms with Gasteiger partial charge >= 0.3 is 0 Å². The molecule has 0 amide bonds. The van der Waals surface area contributed by atoms with E-state index in [2.05, 4.69) is 97.8 Å². The van der Waals surface area contributed by atoms with Crippen LogP contribution in [0, 0.1) is 51.9 Å². The third kappa shape index (κ3) is 5.45. The minimum Gasteiger partial charge on any atom is -0.308 e. The van der Waals surface area contributed by atoms with E-state index in [4.69, 9.17) is 6.57 Å². The number of benzene rings is 7. The van der Waals surface area contributed by atoms with E-state index in [-0.39, 0.29) is 0 Å². The fourth-order valence-corrected chi connectivity index (χ4v) is 8.50. The van der Waals surface area contributed by atoms with Crippen LogP contribution in [-0.4, -0.2) is 14.1 Å². The number of para-hydroxylation sites is 2. The van der Waals surface area contributed by atoms with Crippen molar-refractivity contribution in [3.8, 4) is 69.0 Å². The molecule has 3 heterocycles. The standard InChI is InChI=1S/C52H26N8/c1-57-46-27-52(60-48-9-5-3-7-42(48)45-25-36(13-17-50(45)60)40-15-11-33(29-54)23-38(40)31-56)51(26-43(46)34-18-20-58-21-19-34)59-47-8-4-2-6-41(47)44-24-35(12-16-49(44)59)39-14-10-32(28-53)22-37(39)30-55/h2-27H. The summed E-state index contributed by atoms with van der Waals surface area (Å²) in [5.41, 5.74) is 12.3. The molecule has 0 spiro atoms. The molecule has 3 aromatic heterocycles. The lowest BCUT2D eigenvalue weighted by Crippen LogP contribution is -2.04. The normalized spacial score (nSPS) is 10.9. The maximum atomic E-state index is 10.1. The topological polar surface area (TPSA) is 122 Å². The van der Waals surface area contributed by atoms with Crippen molar-refractivity contribution >= 4 is 49.3 Å². The molecular formula is C52H26N8. The molecule has 10 rings (SSSR count). The first kappa shape index (κ1) is 35.2. The summed E-state index contributed by atoms with van der Waals surface area (Å²) in [6.45, 7) is 8.45. The monoisotopic (exact) mass is 762 g/mol. The summed E-state index contributed by atoms with van der Waals surface area (Å²) in [6.07, 6.45) is 3.46. The molecule has 8 nitrogen and oxygen atoms in total. The fraction of sp³-hybridized carbons (Fsp3) is 0. The molecule has 0 aliphatic carbocycles. The van der Waals surface area contributed by atoms with Crippen LogP contribution in [0.4, 0.5) is 5.69 Å². The number of fused-ring (bicyclic) bond motifs is 6. The lowest BCUT2D eigenvalue weighted by atomic mass is 9.97. The van der Waals surface area contributed by atoms with Gasteiger partial charge in [0, 0.05) is 33.9 Å². The molecule has 274 valence electrons. The molecule has 8 heteroatoms. The van der Waals surface area contributed by atoms with Crippen LogP contribution in [0.3, 0.4) is 0 Å². The predicted molar refractivity (Wildman–Crippen MR) is 234 cm³/mol. The van der Waals surface area contributed by atoms with E-state index in [1.54, 1.807) is 36.7 Å². The zero-order valence-corrected chi connectivity index (χ0v) is 31.6. The number of rotatable bonds is 5.